The number of rotatable bonds is 6. The van der Waals surface area contributed by atoms with Gasteiger partial charge in [-0.3, -0.25) is 9.59 Å². The van der Waals surface area contributed by atoms with Crippen LogP contribution in [-0.2, 0) is 11.2 Å². The van der Waals surface area contributed by atoms with Crippen LogP contribution in [0.1, 0.15) is 66.1 Å². The smallest absolute Gasteiger partial charge is 0.222 e. The Morgan fingerprint density at radius 1 is 1.09 bits per heavy atom. The molecule has 2 aromatic carbocycles. The molecule has 2 heterocycles. The van der Waals surface area contributed by atoms with Crippen molar-refractivity contribution >= 4 is 11.7 Å². The number of ketones is 1. The Kier molecular flexibility index (Phi) is 6.54. The fourth-order valence-electron chi connectivity index (χ4n) is 4.62. The quantitative estimate of drug-likeness (QED) is 0.596. The highest BCUT2D eigenvalue weighted by molar-refractivity contribution is 6.01. The van der Waals surface area contributed by atoms with Crippen molar-refractivity contribution in [2.45, 2.75) is 64.9 Å². The number of likely N-dealkylation sites (tertiary alicyclic amines) is 1. The Bertz CT molecular complexity index is 987. The van der Waals surface area contributed by atoms with Crippen molar-refractivity contribution in [1.29, 1.82) is 0 Å². The van der Waals surface area contributed by atoms with Gasteiger partial charge in [0, 0.05) is 32.4 Å². The lowest BCUT2D eigenvalue weighted by atomic mass is 9.81. The molecule has 1 spiro atoms. The molecule has 1 saturated heterocycles. The SMILES string of the molecule is CCc1ccc(OCCCC(=O)N2CCC3(CC2)CC(=O)c2ccc(C)c(C)c2O3)cc1. The number of fused-ring (bicyclic) bond motifs is 1. The molecule has 0 aromatic heterocycles. The average molecular weight is 436 g/mol. The lowest BCUT2D eigenvalue weighted by Gasteiger charge is -2.44. The minimum atomic E-state index is -0.479. The number of aryl methyl sites for hydroxylation is 2. The number of carbonyl (C=O) groups is 2. The largest absolute Gasteiger partial charge is 0.494 e. The third kappa shape index (κ3) is 4.67. The zero-order chi connectivity index (χ0) is 22.7. The number of hydrogen-bond acceptors (Lipinski definition) is 4. The fourth-order valence-corrected chi connectivity index (χ4v) is 4.62. The van der Waals surface area contributed by atoms with Crippen LogP contribution in [0, 0.1) is 13.8 Å². The van der Waals surface area contributed by atoms with Gasteiger partial charge in [-0.2, -0.15) is 0 Å². The first-order chi connectivity index (χ1) is 15.4. The third-order valence-electron chi connectivity index (χ3n) is 6.94. The Morgan fingerprint density at radius 3 is 2.50 bits per heavy atom. The molecule has 0 atom stereocenters. The van der Waals surface area contributed by atoms with E-state index in [0.29, 0.717) is 57.4 Å². The highest BCUT2D eigenvalue weighted by Gasteiger charge is 2.44. The first kappa shape index (κ1) is 22.4. The molecule has 0 N–H and O–H groups in total. The van der Waals surface area contributed by atoms with Gasteiger partial charge in [0.25, 0.3) is 0 Å². The molecule has 4 rings (SSSR count). The second kappa shape index (κ2) is 9.35. The molecule has 0 aliphatic carbocycles. The minimum Gasteiger partial charge on any atom is -0.494 e. The van der Waals surface area contributed by atoms with E-state index in [1.807, 2.05) is 43.0 Å². The standard InChI is InChI=1S/C27H33NO4/c1-4-21-8-10-22(11-9-21)31-17-5-6-25(30)28-15-13-27(14-16-28)18-24(29)23-12-7-19(2)20(3)26(23)32-27/h7-12H,4-6,13-18H2,1-3H3. The molecule has 1 fully saturated rings. The number of nitrogens with zero attached hydrogens (tertiary/aromatic N) is 1. The van der Waals surface area contributed by atoms with Crippen molar-refractivity contribution < 1.29 is 19.1 Å². The van der Waals surface area contributed by atoms with Crippen LogP contribution in [0.25, 0.3) is 0 Å². The topological polar surface area (TPSA) is 55.8 Å². The van der Waals surface area contributed by atoms with E-state index in [1.165, 1.54) is 5.56 Å². The van der Waals surface area contributed by atoms with E-state index in [9.17, 15) is 9.59 Å². The molecular weight excluding hydrogens is 402 g/mol. The van der Waals surface area contributed by atoms with Crippen molar-refractivity contribution in [2.75, 3.05) is 19.7 Å². The number of Topliss-reactive ketones (excluding diaryl/α,β-unsaturated/α-hetero) is 1. The van der Waals surface area contributed by atoms with E-state index in [4.69, 9.17) is 9.47 Å². The molecule has 1 amide bonds. The normalized spacial score (nSPS) is 17.1. The number of ether oxygens (including phenoxy) is 2. The number of carbonyl (C=O) groups excluding carboxylic acids is 2. The second-order valence-corrected chi connectivity index (χ2v) is 9.10. The highest BCUT2D eigenvalue weighted by Crippen LogP contribution is 2.41. The molecular formula is C27H33NO4. The molecule has 2 aliphatic rings. The van der Waals surface area contributed by atoms with E-state index in [2.05, 4.69) is 19.1 Å². The van der Waals surface area contributed by atoms with Crippen LogP contribution in [0.4, 0.5) is 0 Å². The summed E-state index contributed by atoms with van der Waals surface area (Å²) in [6.07, 6.45) is 3.96. The number of amides is 1. The minimum absolute atomic E-state index is 0.151. The van der Waals surface area contributed by atoms with Gasteiger partial charge in [0.2, 0.25) is 5.91 Å². The van der Waals surface area contributed by atoms with E-state index in [0.717, 1.165) is 29.0 Å². The molecule has 170 valence electrons. The summed E-state index contributed by atoms with van der Waals surface area (Å²) < 4.78 is 12.2. The monoisotopic (exact) mass is 435 g/mol. The second-order valence-electron chi connectivity index (χ2n) is 9.10. The lowest BCUT2D eigenvalue weighted by Crippen LogP contribution is -2.52. The maximum absolute atomic E-state index is 12.8. The van der Waals surface area contributed by atoms with Gasteiger partial charge >= 0.3 is 0 Å². The molecule has 2 aliphatic heterocycles. The van der Waals surface area contributed by atoms with E-state index in [-0.39, 0.29) is 11.7 Å². The van der Waals surface area contributed by atoms with Gasteiger partial charge in [-0.25, -0.2) is 0 Å². The van der Waals surface area contributed by atoms with Crippen molar-refractivity contribution in [3.8, 4) is 11.5 Å². The van der Waals surface area contributed by atoms with Crippen LogP contribution in [0.3, 0.4) is 0 Å². The Morgan fingerprint density at radius 2 is 1.81 bits per heavy atom. The summed E-state index contributed by atoms with van der Waals surface area (Å²) in [6, 6.07) is 12.0. The van der Waals surface area contributed by atoms with Crippen LogP contribution in [0.15, 0.2) is 36.4 Å². The van der Waals surface area contributed by atoms with E-state index >= 15 is 0 Å². The summed E-state index contributed by atoms with van der Waals surface area (Å²) in [6.45, 7) is 7.97. The molecule has 0 saturated carbocycles. The van der Waals surface area contributed by atoms with Crippen LogP contribution in [0.2, 0.25) is 0 Å². The summed E-state index contributed by atoms with van der Waals surface area (Å²) >= 11 is 0. The molecule has 0 unspecified atom stereocenters. The predicted octanol–water partition coefficient (Wildman–Crippen LogP) is 5.05. The van der Waals surface area contributed by atoms with Gasteiger partial charge in [0.05, 0.1) is 18.6 Å². The summed E-state index contributed by atoms with van der Waals surface area (Å²) in [4.78, 5) is 27.4. The molecule has 5 heteroatoms. The molecule has 5 nitrogen and oxygen atoms in total. The Labute approximate surface area is 190 Å². The predicted molar refractivity (Wildman–Crippen MR) is 125 cm³/mol. The van der Waals surface area contributed by atoms with Gasteiger partial charge in [0.1, 0.15) is 17.1 Å². The lowest BCUT2D eigenvalue weighted by molar-refractivity contribution is -0.135. The first-order valence-electron chi connectivity index (χ1n) is 11.7. The zero-order valence-electron chi connectivity index (χ0n) is 19.4. The zero-order valence-corrected chi connectivity index (χ0v) is 19.4. The van der Waals surface area contributed by atoms with E-state index < -0.39 is 5.60 Å². The maximum Gasteiger partial charge on any atom is 0.222 e. The Balaban J connectivity index is 1.26. The van der Waals surface area contributed by atoms with Crippen molar-refractivity contribution in [3.63, 3.8) is 0 Å². The molecule has 0 radical (unpaired) electrons. The average Bonchev–Trinajstić information content (AvgIpc) is 2.80. The first-order valence-corrected chi connectivity index (χ1v) is 11.7. The van der Waals surface area contributed by atoms with Crippen LogP contribution >= 0.6 is 0 Å². The van der Waals surface area contributed by atoms with Gasteiger partial charge in [0.15, 0.2) is 5.78 Å². The number of piperidine rings is 1. The van der Waals surface area contributed by atoms with Gasteiger partial charge in [-0.15, -0.1) is 0 Å². The van der Waals surface area contributed by atoms with Crippen molar-refractivity contribution in [3.05, 3.63) is 58.7 Å². The molecule has 32 heavy (non-hydrogen) atoms. The van der Waals surface area contributed by atoms with Crippen LogP contribution < -0.4 is 9.47 Å². The van der Waals surface area contributed by atoms with Crippen LogP contribution in [0.5, 0.6) is 11.5 Å². The fraction of sp³-hybridized carbons (Fsp3) is 0.481. The number of hydrogen-bond donors (Lipinski definition) is 0. The molecule has 0 bridgehead atoms. The summed E-state index contributed by atoms with van der Waals surface area (Å²) in [7, 11) is 0. The summed E-state index contributed by atoms with van der Waals surface area (Å²) in [5, 5.41) is 0. The summed E-state index contributed by atoms with van der Waals surface area (Å²) in [5.41, 5.74) is 3.67. The Hall–Kier alpha value is -2.82. The van der Waals surface area contributed by atoms with Gasteiger partial charge in [-0.1, -0.05) is 25.1 Å². The van der Waals surface area contributed by atoms with Gasteiger partial charge < -0.3 is 14.4 Å². The third-order valence-corrected chi connectivity index (χ3v) is 6.94. The summed E-state index contributed by atoms with van der Waals surface area (Å²) in [5.74, 6) is 1.89. The van der Waals surface area contributed by atoms with Crippen LogP contribution in [-0.4, -0.2) is 41.9 Å². The molecule has 2 aromatic rings. The van der Waals surface area contributed by atoms with Crippen molar-refractivity contribution in [2.24, 2.45) is 0 Å². The highest BCUT2D eigenvalue weighted by atomic mass is 16.5. The van der Waals surface area contributed by atoms with E-state index in [1.54, 1.807) is 0 Å². The number of benzene rings is 2. The van der Waals surface area contributed by atoms with Crippen molar-refractivity contribution in [1.82, 2.24) is 4.90 Å². The van der Waals surface area contributed by atoms with Gasteiger partial charge in [-0.05, 0) is 61.6 Å². The maximum atomic E-state index is 12.8.